The number of carboxylic acids is 1. The lowest BCUT2D eigenvalue weighted by molar-refractivity contribution is -0.431. The molecule has 192 valence electrons. The predicted molar refractivity (Wildman–Crippen MR) is 137 cm³/mol. The maximum absolute atomic E-state index is 13.3. The van der Waals surface area contributed by atoms with Crippen LogP contribution in [0.4, 0.5) is 11.5 Å². The van der Waals surface area contributed by atoms with Gasteiger partial charge in [-0.05, 0) is 29.8 Å². The SMILES string of the molecule is C[N+](=O)c1ccccc1S(=O)(=O)N(CCN)CCNc1ccn2ncc(-c3cccc(C(=O)O)c3)c2n1. The van der Waals surface area contributed by atoms with Gasteiger partial charge in [-0.1, -0.05) is 24.3 Å². The van der Waals surface area contributed by atoms with Gasteiger partial charge in [0.1, 0.15) is 5.82 Å². The molecule has 0 unspecified atom stereocenters. The van der Waals surface area contributed by atoms with E-state index in [2.05, 4.69) is 15.4 Å². The number of anilines is 1. The first kappa shape index (κ1) is 25.9. The number of nitrogens with one attached hydrogen (secondary N) is 1. The van der Waals surface area contributed by atoms with Crippen LogP contribution in [0, 0.1) is 4.91 Å². The first-order valence-corrected chi connectivity index (χ1v) is 12.8. The second-order valence-electron chi connectivity index (χ2n) is 8.11. The van der Waals surface area contributed by atoms with E-state index in [1.165, 1.54) is 29.6 Å². The van der Waals surface area contributed by atoms with Gasteiger partial charge in [0, 0.05) is 53.7 Å². The van der Waals surface area contributed by atoms with Crippen molar-refractivity contribution < 1.29 is 23.1 Å². The van der Waals surface area contributed by atoms with Crippen LogP contribution >= 0.6 is 0 Å². The topological polar surface area (TPSA) is 163 Å². The molecule has 13 heteroatoms. The van der Waals surface area contributed by atoms with Gasteiger partial charge in [0.25, 0.3) is 5.69 Å². The van der Waals surface area contributed by atoms with Gasteiger partial charge in [0.2, 0.25) is 10.0 Å². The number of nitroso groups, excluding NO2 is 1. The summed E-state index contributed by atoms with van der Waals surface area (Å²) in [6.07, 6.45) is 3.30. The Balaban J connectivity index is 1.54. The smallest absolute Gasteiger partial charge is 0.335 e. The van der Waals surface area contributed by atoms with Gasteiger partial charge in [0.15, 0.2) is 17.6 Å². The van der Waals surface area contributed by atoms with E-state index in [0.29, 0.717) is 27.4 Å². The maximum atomic E-state index is 13.3. The van der Waals surface area contributed by atoms with E-state index in [1.807, 2.05) is 0 Å². The standard InChI is InChI=1S/C24H25N7O5S/c1-29(34)20-7-2-3-8-21(20)37(35,36)30(13-10-25)14-11-26-22-9-12-31-23(28-22)19(16-27-31)17-5-4-6-18(15-17)24(32)33/h2-9,12,15-16H,10-11,13-14,25H2,1H3,(H-,26,27,28,32,33)/p+1. The van der Waals surface area contributed by atoms with E-state index in [4.69, 9.17) is 5.73 Å². The molecule has 0 aliphatic heterocycles. The van der Waals surface area contributed by atoms with Crippen molar-refractivity contribution in [2.45, 2.75) is 4.90 Å². The van der Waals surface area contributed by atoms with Gasteiger partial charge in [-0.25, -0.2) is 22.7 Å². The third kappa shape index (κ3) is 5.48. The molecule has 37 heavy (non-hydrogen) atoms. The van der Waals surface area contributed by atoms with Crippen molar-refractivity contribution in [3.8, 4) is 11.1 Å². The minimum Gasteiger partial charge on any atom is -0.478 e. The van der Waals surface area contributed by atoms with Crippen LogP contribution in [0.15, 0.2) is 71.9 Å². The minimum absolute atomic E-state index is 0.0461. The third-order valence-electron chi connectivity index (χ3n) is 5.66. The molecule has 0 aliphatic carbocycles. The summed E-state index contributed by atoms with van der Waals surface area (Å²) in [5.74, 6) is -0.552. The number of nitrogens with two attached hydrogens (primary N) is 1. The Morgan fingerprint density at radius 1 is 1.16 bits per heavy atom. The lowest BCUT2D eigenvalue weighted by Gasteiger charge is -2.21. The monoisotopic (exact) mass is 524 g/mol. The number of hydrogen-bond acceptors (Lipinski definition) is 8. The highest BCUT2D eigenvalue weighted by molar-refractivity contribution is 7.89. The molecule has 0 amide bonds. The number of aromatic carboxylic acids is 1. The van der Waals surface area contributed by atoms with E-state index in [-0.39, 0.29) is 42.3 Å². The summed E-state index contributed by atoms with van der Waals surface area (Å²) < 4.78 is 29.9. The zero-order valence-electron chi connectivity index (χ0n) is 20.0. The van der Waals surface area contributed by atoms with E-state index < -0.39 is 16.0 Å². The zero-order valence-corrected chi connectivity index (χ0v) is 20.8. The Morgan fingerprint density at radius 2 is 1.95 bits per heavy atom. The summed E-state index contributed by atoms with van der Waals surface area (Å²) in [6.45, 7) is 0.472. The molecule has 0 bridgehead atoms. The number of nitrogens with zero attached hydrogens (tertiary/aromatic N) is 5. The van der Waals surface area contributed by atoms with Crippen LogP contribution in [0.25, 0.3) is 16.8 Å². The second-order valence-corrected chi connectivity index (χ2v) is 10.0. The highest BCUT2D eigenvalue weighted by atomic mass is 32.2. The molecular weight excluding hydrogens is 498 g/mol. The fraction of sp³-hybridized carbons (Fsp3) is 0.208. The summed E-state index contributed by atoms with van der Waals surface area (Å²) in [5.41, 5.74) is 7.69. The Morgan fingerprint density at radius 3 is 2.68 bits per heavy atom. The van der Waals surface area contributed by atoms with Crippen molar-refractivity contribution in [1.82, 2.24) is 18.9 Å². The summed E-state index contributed by atoms with van der Waals surface area (Å²) in [6, 6.07) is 14.2. The van der Waals surface area contributed by atoms with Crippen LogP contribution in [0.5, 0.6) is 0 Å². The molecule has 4 rings (SSSR count). The van der Waals surface area contributed by atoms with Gasteiger partial charge in [0.05, 0.1) is 11.8 Å². The van der Waals surface area contributed by atoms with Gasteiger partial charge in [-0.3, -0.25) is 0 Å². The number of hydrogen-bond donors (Lipinski definition) is 3. The molecule has 0 saturated carbocycles. The first-order valence-electron chi connectivity index (χ1n) is 11.3. The zero-order chi connectivity index (χ0) is 26.6. The molecule has 0 radical (unpaired) electrons. The highest BCUT2D eigenvalue weighted by Gasteiger charge is 2.31. The fourth-order valence-electron chi connectivity index (χ4n) is 3.87. The molecule has 0 atom stereocenters. The molecule has 0 aliphatic rings. The van der Waals surface area contributed by atoms with Gasteiger partial charge < -0.3 is 16.2 Å². The molecule has 4 N–H and O–H groups in total. The van der Waals surface area contributed by atoms with Gasteiger partial charge in [-0.15, -0.1) is 0 Å². The number of para-hydroxylation sites is 1. The Hall–Kier alpha value is -4.20. The Bertz CT molecular complexity index is 1570. The third-order valence-corrected chi connectivity index (χ3v) is 7.60. The Labute approximate surface area is 213 Å². The second kappa shape index (κ2) is 10.8. The molecule has 12 nitrogen and oxygen atoms in total. The van der Waals surface area contributed by atoms with Crippen LogP contribution in [0.2, 0.25) is 0 Å². The Kier molecular flexibility index (Phi) is 7.57. The van der Waals surface area contributed by atoms with Crippen LogP contribution in [0.3, 0.4) is 0 Å². The number of fused-ring (bicyclic) bond motifs is 1. The molecule has 2 heterocycles. The number of carbonyl (C=O) groups is 1. The summed E-state index contributed by atoms with van der Waals surface area (Å²) in [5, 5.41) is 16.7. The molecule has 2 aromatic heterocycles. The minimum atomic E-state index is -3.98. The van der Waals surface area contributed by atoms with Crippen molar-refractivity contribution in [2.75, 3.05) is 38.5 Å². The van der Waals surface area contributed by atoms with Crippen molar-refractivity contribution in [3.63, 3.8) is 0 Å². The number of rotatable bonds is 11. The van der Waals surface area contributed by atoms with Crippen molar-refractivity contribution in [2.24, 2.45) is 5.73 Å². The number of aromatic nitrogens is 3. The van der Waals surface area contributed by atoms with Gasteiger partial charge in [-0.2, -0.15) is 9.40 Å². The maximum Gasteiger partial charge on any atom is 0.335 e. The predicted octanol–water partition coefficient (Wildman–Crippen LogP) is 2.20. The molecular formula is C24H26N7O5S+. The largest absolute Gasteiger partial charge is 0.478 e. The molecule has 2 aromatic carbocycles. The first-order chi connectivity index (χ1) is 17.7. The van der Waals surface area contributed by atoms with E-state index >= 15 is 0 Å². The number of benzene rings is 2. The fourth-order valence-corrected chi connectivity index (χ4v) is 5.54. The van der Waals surface area contributed by atoms with E-state index in [0.717, 1.165) is 0 Å². The van der Waals surface area contributed by atoms with Crippen LogP contribution in [0.1, 0.15) is 10.4 Å². The highest BCUT2D eigenvalue weighted by Crippen LogP contribution is 2.27. The average Bonchev–Trinajstić information content (AvgIpc) is 3.31. The number of sulfonamides is 1. The van der Waals surface area contributed by atoms with Crippen molar-refractivity contribution >= 4 is 33.1 Å². The molecule has 0 fully saturated rings. The van der Waals surface area contributed by atoms with Crippen molar-refractivity contribution in [1.29, 1.82) is 0 Å². The van der Waals surface area contributed by atoms with Crippen LogP contribution in [-0.2, 0) is 10.0 Å². The lowest BCUT2D eigenvalue weighted by Crippen LogP contribution is -2.38. The average molecular weight is 525 g/mol. The van der Waals surface area contributed by atoms with Crippen LogP contribution in [-0.4, -0.2) is 76.4 Å². The normalized spacial score (nSPS) is 11.6. The summed E-state index contributed by atoms with van der Waals surface area (Å²) >= 11 is 0. The number of carboxylic acid groups (broad SMARTS) is 1. The van der Waals surface area contributed by atoms with E-state index in [1.54, 1.807) is 53.3 Å². The summed E-state index contributed by atoms with van der Waals surface area (Å²) in [4.78, 5) is 27.8. The molecule has 4 aromatic rings. The summed E-state index contributed by atoms with van der Waals surface area (Å²) in [7, 11) is -2.74. The van der Waals surface area contributed by atoms with Gasteiger partial charge >= 0.3 is 5.97 Å². The molecule has 0 spiro atoms. The van der Waals surface area contributed by atoms with Crippen molar-refractivity contribution in [3.05, 3.63) is 77.5 Å². The lowest BCUT2D eigenvalue weighted by atomic mass is 10.1. The van der Waals surface area contributed by atoms with E-state index in [9.17, 15) is 23.2 Å². The molecule has 0 saturated heterocycles. The quantitative estimate of drug-likeness (QED) is 0.250. The van der Waals surface area contributed by atoms with Crippen LogP contribution < -0.4 is 11.1 Å².